The van der Waals surface area contributed by atoms with Crippen LogP contribution >= 0.6 is 0 Å². The molecule has 0 radical (unpaired) electrons. The molecule has 0 aliphatic heterocycles. The molecule has 5 nitrogen and oxygen atoms in total. The van der Waals surface area contributed by atoms with Crippen molar-refractivity contribution >= 4 is 133 Å². The SMILES string of the molecule is c1ccc(N(c2ccccc2)c2ccc(-c3nc4c5cccc6c(-c7ccc([Si](c8ccccc8)(c8ccccc8)c8ccc(-c9nc%10c%11cccc%12ccc%13cccc(c%13c%12%11)c%10n9-c9ccccc9)cc8)cc7)cc7cccc(c7c65)c4n3-c3ccccc3)cc2)cc1. The molecule has 0 fully saturated rings. The third-order valence-electron chi connectivity index (χ3n) is 19.7. The van der Waals surface area contributed by atoms with Crippen LogP contribution < -0.4 is 25.6 Å². The second-order valence-electron chi connectivity index (χ2n) is 24.7. The lowest BCUT2D eigenvalue weighted by Crippen LogP contribution is -2.74. The van der Waals surface area contributed by atoms with Crippen LogP contribution in [0.4, 0.5) is 17.1 Å². The normalized spacial score (nSPS) is 12.0. The summed E-state index contributed by atoms with van der Waals surface area (Å²) in [5.74, 6) is 1.81. The Hall–Kier alpha value is -12.2. The molecule has 0 saturated heterocycles. The lowest BCUT2D eigenvalue weighted by Gasteiger charge is -2.34. The number of para-hydroxylation sites is 4. The quantitative estimate of drug-likeness (QED) is 0.0695. The Bertz CT molecular complexity index is 5960. The molecule has 94 heavy (non-hydrogen) atoms. The van der Waals surface area contributed by atoms with E-state index < -0.39 is 8.07 Å². The maximum absolute atomic E-state index is 5.75. The van der Waals surface area contributed by atoms with Gasteiger partial charge in [0.15, 0.2) is 8.07 Å². The van der Waals surface area contributed by atoms with Crippen LogP contribution in [0.5, 0.6) is 0 Å². The Kier molecular flexibility index (Phi) is 12.2. The van der Waals surface area contributed by atoms with Crippen molar-refractivity contribution in [3.8, 4) is 45.3 Å². The van der Waals surface area contributed by atoms with Gasteiger partial charge in [-0.05, 0) is 148 Å². The Labute approximate surface area is 544 Å². The molecule has 0 amide bonds. The fourth-order valence-electron chi connectivity index (χ4n) is 15.7. The zero-order valence-electron chi connectivity index (χ0n) is 51.1. The van der Waals surface area contributed by atoms with Crippen molar-refractivity contribution in [3.05, 3.63) is 346 Å². The van der Waals surface area contributed by atoms with Crippen molar-refractivity contribution < 1.29 is 0 Å². The predicted molar refractivity (Wildman–Crippen MR) is 398 cm³/mol. The topological polar surface area (TPSA) is 38.9 Å². The number of benzene rings is 17. The summed E-state index contributed by atoms with van der Waals surface area (Å²) < 4.78 is 4.78. The van der Waals surface area contributed by atoms with Crippen molar-refractivity contribution in [3.63, 3.8) is 0 Å². The standard InChI is InChI=1S/C88H57N5Si/c1-7-26-64(27-8-1)91(65-28-9-2-10-29-65)68-51-45-61(46-52-68)87-90-84-75-40-22-38-73-78(57-63-25-21-42-77(81(63)82(73)75)86(84)93(87)67-32-13-4-14-33-67)58-47-53-71(54-48-58)94(69-34-15-5-16-35-69,70-36-17-6-18-37-70)72-55-49-62(50-56-72)88-89-83-74-39-19-23-59-43-44-60-24-20-41-76(80(60)79(59)74)85(83)92(88)66-30-11-3-12-31-66/h1-57H. The van der Waals surface area contributed by atoms with Crippen molar-refractivity contribution in [2.24, 2.45) is 0 Å². The Morgan fingerprint density at radius 2 is 0.606 bits per heavy atom. The van der Waals surface area contributed by atoms with E-state index in [0.29, 0.717) is 0 Å². The van der Waals surface area contributed by atoms with E-state index in [2.05, 4.69) is 360 Å². The molecule has 19 rings (SSSR count). The summed E-state index contributed by atoms with van der Waals surface area (Å²) in [6.45, 7) is 0. The number of anilines is 3. The van der Waals surface area contributed by atoms with Gasteiger partial charge in [0.25, 0.3) is 0 Å². The van der Waals surface area contributed by atoms with E-state index in [1.165, 1.54) is 91.1 Å². The smallest absolute Gasteiger partial charge is 0.179 e. The van der Waals surface area contributed by atoms with Crippen LogP contribution in [0.25, 0.3) is 132 Å². The largest absolute Gasteiger partial charge is 0.311 e. The van der Waals surface area contributed by atoms with Crippen LogP contribution in [0.3, 0.4) is 0 Å². The number of rotatable bonds is 12. The zero-order chi connectivity index (χ0) is 61.8. The number of hydrogen-bond acceptors (Lipinski definition) is 3. The van der Waals surface area contributed by atoms with Gasteiger partial charge < -0.3 is 4.90 Å². The number of nitrogens with zero attached hydrogens (tertiary/aromatic N) is 5. The van der Waals surface area contributed by atoms with Gasteiger partial charge in [-0.1, -0.05) is 267 Å². The molecule has 0 atom stereocenters. The second-order valence-corrected chi connectivity index (χ2v) is 28.5. The van der Waals surface area contributed by atoms with Crippen molar-refractivity contribution in [2.45, 2.75) is 0 Å². The fraction of sp³-hybridized carbons (Fsp3) is 0. The van der Waals surface area contributed by atoms with E-state index in [4.69, 9.17) is 9.97 Å². The number of imidazole rings is 2. The summed E-state index contributed by atoms with van der Waals surface area (Å²) in [7, 11) is -3.03. The van der Waals surface area contributed by atoms with Gasteiger partial charge in [0.2, 0.25) is 0 Å². The monoisotopic (exact) mass is 1210 g/mol. The van der Waals surface area contributed by atoms with Gasteiger partial charge in [0, 0.05) is 66.5 Å². The Morgan fingerprint density at radius 3 is 1.10 bits per heavy atom. The maximum atomic E-state index is 5.75. The number of hydrogen-bond donors (Lipinski definition) is 0. The first-order chi connectivity index (χ1) is 46.7. The molecule has 0 unspecified atom stereocenters. The van der Waals surface area contributed by atoms with E-state index >= 15 is 0 Å². The summed E-state index contributed by atoms with van der Waals surface area (Å²) >= 11 is 0. The van der Waals surface area contributed by atoms with Crippen molar-refractivity contribution in [1.29, 1.82) is 0 Å². The second kappa shape index (κ2) is 21.5. The van der Waals surface area contributed by atoms with Gasteiger partial charge in [-0.2, -0.15) is 0 Å². The minimum Gasteiger partial charge on any atom is -0.311 e. The molecule has 0 saturated carbocycles. The van der Waals surface area contributed by atoms with E-state index in [-0.39, 0.29) is 0 Å². The maximum Gasteiger partial charge on any atom is 0.179 e. The molecule has 17 aromatic carbocycles. The lowest BCUT2D eigenvalue weighted by atomic mass is 9.88. The fourth-order valence-corrected chi connectivity index (χ4v) is 20.4. The van der Waals surface area contributed by atoms with E-state index in [1.54, 1.807) is 0 Å². The molecule has 2 aromatic heterocycles. The molecule has 0 aliphatic carbocycles. The van der Waals surface area contributed by atoms with Crippen LogP contribution in [-0.4, -0.2) is 27.2 Å². The van der Waals surface area contributed by atoms with Gasteiger partial charge in [-0.3, -0.25) is 9.13 Å². The summed E-state index contributed by atoms with van der Waals surface area (Å²) in [6, 6.07) is 127. The van der Waals surface area contributed by atoms with Crippen LogP contribution in [0.1, 0.15) is 0 Å². The lowest BCUT2D eigenvalue weighted by molar-refractivity contribution is 1.11. The first kappa shape index (κ1) is 53.6. The average Bonchev–Trinajstić information content (AvgIpc) is 1.39. The van der Waals surface area contributed by atoms with E-state index in [0.717, 1.165) is 78.7 Å². The highest BCUT2D eigenvalue weighted by atomic mass is 28.3. The Balaban J connectivity index is 0.765. The van der Waals surface area contributed by atoms with Gasteiger partial charge in [-0.25, -0.2) is 9.97 Å². The van der Waals surface area contributed by atoms with Crippen LogP contribution in [0.2, 0.25) is 0 Å². The van der Waals surface area contributed by atoms with Crippen LogP contribution in [-0.2, 0) is 0 Å². The molecular weight excluding hydrogens is 1160 g/mol. The third kappa shape index (κ3) is 8.13. The van der Waals surface area contributed by atoms with Gasteiger partial charge >= 0.3 is 0 Å². The predicted octanol–water partition coefficient (Wildman–Crippen LogP) is 20.0. The molecule has 438 valence electrons. The first-order valence-corrected chi connectivity index (χ1v) is 34.3. The summed E-state index contributed by atoms with van der Waals surface area (Å²) in [6.07, 6.45) is 0. The number of fused-ring (bicyclic) bond motifs is 6. The average molecular weight is 1210 g/mol. The number of aromatic nitrogens is 4. The minimum atomic E-state index is -3.03. The van der Waals surface area contributed by atoms with E-state index in [1.807, 2.05) is 0 Å². The van der Waals surface area contributed by atoms with Gasteiger partial charge in [-0.15, -0.1) is 0 Å². The minimum absolute atomic E-state index is 0.894. The molecule has 0 bridgehead atoms. The van der Waals surface area contributed by atoms with Crippen molar-refractivity contribution in [2.75, 3.05) is 4.90 Å². The van der Waals surface area contributed by atoms with Crippen molar-refractivity contribution in [1.82, 2.24) is 19.1 Å². The summed E-state index contributed by atoms with van der Waals surface area (Å²) in [5, 5.41) is 19.8. The first-order valence-electron chi connectivity index (χ1n) is 32.3. The van der Waals surface area contributed by atoms with Gasteiger partial charge in [0.05, 0.1) is 22.1 Å². The molecule has 0 N–H and O–H groups in total. The third-order valence-corrected chi connectivity index (χ3v) is 24.5. The van der Waals surface area contributed by atoms with Gasteiger partial charge in [0.1, 0.15) is 11.6 Å². The highest BCUT2D eigenvalue weighted by Gasteiger charge is 2.42. The van der Waals surface area contributed by atoms with Crippen LogP contribution in [0.15, 0.2) is 346 Å². The van der Waals surface area contributed by atoms with Crippen LogP contribution in [0, 0.1) is 0 Å². The highest BCUT2D eigenvalue weighted by molar-refractivity contribution is 7.19. The molecule has 0 aliphatic rings. The molecule has 0 spiro atoms. The summed E-state index contributed by atoms with van der Waals surface area (Å²) in [5.41, 5.74) is 14.1. The Morgan fingerprint density at radius 1 is 0.255 bits per heavy atom. The molecule has 2 heterocycles. The molecular formula is C88H57N5Si. The molecule has 6 heteroatoms. The summed E-state index contributed by atoms with van der Waals surface area (Å²) in [4.78, 5) is 13.8. The zero-order valence-corrected chi connectivity index (χ0v) is 52.1. The molecule has 19 aromatic rings. The highest BCUT2D eigenvalue weighted by Crippen LogP contribution is 2.48. The van der Waals surface area contributed by atoms with E-state index in [9.17, 15) is 0 Å².